The fraction of sp³-hybridized carbons (Fsp3) is 0.364. The number of hydrogen-bond donors (Lipinski definition) is 0. The minimum Gasteiger partial charge on any atom is -0.294 e. The van der Waals surface area contributed by atoms with E-state index in [1.165, 1.54) is 0 Å². The average molecular weight is 180 g/mol. The predicted molar refractivity (Wildman–Crippen MR) is 50.5 cm³/mol. The Kier molecular flexibility index (Phi) is 2.81. The molecule has 0 radical (unpaired) electrons. The summed E-state index contributed by atoms with van der Waals surface area (Å²) in [4.78, 5) is 11.3. The van der Waals surface area contributed by atoms with Gasteiger partial charge in [-0.2, -0.15) is 0 Å². The highest BCUT2D eigenvalue weighted by Crippen LogP contribution is 2.15. The van der Waals surface area contributed by atoms with Gasteiger partial charge in [-0.05, 0) is 37.1 Å². The van der Waals surface area contributed by atoms with E-state index in [9.17, 15) is 9.18 Å². The van der Waals surface area contributed by atoms with Crippen molar-refractivity contribution in [3.05, 3.63) is 34.6 Å². The Morgan fingerprint density at radius 3 is 2.15 bits per heavy atom. The van der Waals surface area contributed by atoms with E-state index in [1.807, 2.05) is 0 Å². The third-order valence-electron chi connectivity index (χ3n) is 2.08. The molecule has 0 aliphatic rings. The van der Waals surface area contributed by atoms with E-state index in [-0.39, 0.29) is 11.6 Å². The topological polar surface area (TPSA) is 17.1 Å². The second kappa shape index (κ2) is 3.69. The van der Waals surface area contributed by atoms with Crippen molar-refractivity contribution in [3.8, 4) is 0 Å². The van der Waals surface area contributed by atoms with Crippen molar-refractivity contribution in [2.24, 2.45) is 0 Å². The molecule has 0 unspecified atom stereocenters. The molecule has 1 nitrogen and oxygen atoms in total. The Balaban J connectivity index is 3.20. The molecule has 1 aromatic carbocycles. The summed E-state index contributed by atoms with van der Waals surface area (Å²) in [5.74, 6) is -0.154. The lowest BCUT2D eigenvalue weighted by atomic mass is 10.0. The molecule has 0 aromatic heterocycles. The molecule has 0 atom stereocenters. The van der Waals surface area contributed by atoms with Gasteiger partial charge in [0, 0.05) is 12.0 Å². The maximum absolute atomic E-state index is 13.2. The number of halogens is 1. The van der Waals surface area contributed by atoms with Crippen molar-refractivity contribution in [1.29, 1.82) is 0 Å². The lowest BCUT2D eigenvalue weighted by Crippen LogP contribution is -2.00. The molecule has 0 amide bonds. The molecule has 0 bridgehead atoms. The van der Waals surface area contributed by atoms with Gasteiger partial charge in [-0.1, -0.05) is 6.92 Å². The minimum absolute atomic E-state index is 0.0613. The Labute approximate surface area is 77.6 Å². The molecule has 0 aliphatic heterocycles. The first-order chi connectivity index (χ1) is 6.06. The van der Waals surface area contributed by atoms with Gasteiger partial charge in [-0.15, -0.1) is 0 Å². The van der Waals surface area contributed by atoms with Crippen LogP contribution in [0.25, 0.3) is 0 Å². The molecule has 0 fully saturated rings. The van der Waals surface area contributed by atoms with Crippen molar-refractivity contribution in [1.82, 2.24) is 0 Å². The van der Waals surface area contributed by atoms with Gasteiger partial charge in [0.2, 0.25) is 0 Å². The van der Waals surface area contributed by atoms with Crippen LogP contribution in [0.5, 0.6) is 0 Å². The van der Waals surface area contributed by atoms with E-state index in [1.54, 1.807) is 32.9 Å². The van der Waals surface area contributed by atoms with Crippen LogP contribution in [0.15, 0.2) is 12.1 Å². The number of benzene rings is 1. The SMILES string of the molecule is CCC(=O)c1cc(C)c(F)c(C)c1. The van der Waals surface area contributed by atoms with Gasteiger partial charge in [0.05, 0.1) is 0 Å². The van der Waals surface area contributed by atoms with Crippen LogP contribution in [0.2, 0.25) is 0 Å². The van der Waals surface area contributed by atoms with Crippen LogP contribution in [-0.4, -0.2) is 5.78 Å². The van der Waals surface area contributed by atoms with Gasteiger partial charge in [-0.25, -0.2) is 4.39 Å². The van der Waals surface area contributed by atoms with Gasteiger partial charge < -0.3 is 0 Å². The van der Waals surface area contributed by atoms with Crippen LogP contribution < -0.4 is 0 Å². The molecule has 0 heterocycles. The van der Waals surface area contributed by atoms with E-state index < -0.39 is 0 Å². The molecule has 0 N–H and O–H groups in total. The second-order valence-electron chi connectivity index (χ2n) is 3.20. The van der Waals surface area contributed by atoms with Crippen molar-refractivity contribution in [2.75, 3.05) is 0 Å². The first kappa shape index (κ1) is 9.90. The molecule has 0 saturated heterocycles. The number of Topliss-reactive ketones (excluding diaryl/α,β-unsaturated/α-hetero) is 1. The number of aryl methyl sites for hydroxylation is 2. The summed E-state index contributed by atoms with van der Waals surface area (Å²) in [6, 6.07) is 3.21. The largest absolute Gasteiger partial charge is 0.294 e. The molecule has 70 valence electrons. The number of carbonyl (C=O) groups excluding carboxylic acids is 1. The fourth-order valence-corrected chi connectivity index (χ4v) is 1.31. The van der Waals surface area contributed by atoms with Crippen molar-refractivity contribution >= 4 is 5.78 Å². The minimum atomic E-state index is -0.215. The molecular formula is C11H13FO. The quantitative estimate of drug-likeness (QED) is 0.639. The molecule has 2 heteroatoms. The van der Waals surface area contributed by atoms with Gasteiger partial charge in [0.15, 0.2) is 5.78 Å². The highest BCUT2D eigenvalue weighted by molar-refractivity contribution is 5.96. The number of carbonyl (C=O) groups is 1. The zero-order valence-corrected chi connectivity index (χ0v) is 8.15. The highest BCUT2D eigenvalue weighted by atomic mass is 19.1. The summed E-state index contributed by atoms with van der Waals surface area (Å²) in [6.07, 6.45) is 0.463. The summed E-state index contributed by atoms with van der Waals surface area (Å²) in [5, 5.41) is 0. The third kappa shape index (κ3) is 1.94. The summed E-state index contributed by atoms with van der Waals surface area (Å²) < 4.78 is 13.2. The van der Waals surface area contributed by atoms with Crippen LogP contribution in [0.1, 0.15) is 34.8 Å². The number of rotatable bonds is 2. The summed E-state index contributed by atoms with van der Waals surface area (Å²) in [7, 11) is 0. The Morgan fingerprint density at radius 2 is 1.77 bits per heavy atom. The van der Waals surface area contributed by atoms with E-state index in [0.717, 1.165) is 0 Å². The van der Waals surface area contributed by atoms with Gasteiger partial charge in [-0.3, -0.25) is 4.79 Å². The van der Waals surface area contributed by atoms with Crippen molar-refractivity contribution in [3.63, 3.8) is 0 Å². The van der Waals surface area contributed by atoms with Crippen LogP contribution in [0.3, 0.4) is 0 Å². The first-order valence-corrected chi connectivity index (χ1v) is 4.36. The normalized spacial score (nSPS) is 10.2. The molecule has 0 aliphatic carbocycles. The van der Waals surface area contributed by atoms with Crippen LogP contribution in [-0.2, 0) is 0 Å². The van der Waals surface area contributed by atoms with Crippen molar-refractivity contribution in [2.45, 2.75) is 27.2 Å². The molecule has 1 aromatic rings. The van der Waals surface area contributed by atoms with E-state index in [2.05, 4.69) is 0 Å². The smallest absolute Gasteiger partial charge is 0.162 e. The summed E-state index contributed by atoms with van der Waals surface area (Å²) in [5.41, 5.74) is 1.69. The molecular weight excluding hydrogens is 167 g/mol. The Hall–Kier alpha value is -1.18. The molecule has 0 spiro atoms. The molecule has 0 saturated carbocycles. The summed E-state index contributed by atoms with van der Waals surface area (Å²) in [6.45, 7) is 5.15. The van der Waals surface area contributed by atoms with E-state index in [4.69, 9.17) is 0 Å². The standard InChI is InChI=1S/C11H13FO/c1-4-10(13)9-5-7(2)11(12)8(3)6-9/h5-6H,4H2,1-3H3. The summed E-state index contributed by atoms with van der Waals surface area (Å²) >= 11 is 0. The lowest BCUT2D eigenvalue weighted by Gasteiger charge is -2.04. The Morgan fingerprint density at radius 1 is 1.31 bits per heavy atom. The highest BCUT2D eigenvalue weighted by Gasteiger charge is 2.08. The molecule has 13 heavy (non-hydrogen) atoms. The first-order valence-electron chi connectivity index (χ1n) is 4.36. The number of hydrogen-bond acceptors (Lipinski definition) is 1. The zero-order chi connectivity index (χ0) is 10.0. The second-order valence-corrected chi connectivity index (χ2v) is 3.20. The zero-order valence-electron chi connectivity index (χ0n) is 8.15. The maximum Gasteiger partial charge on any atom is 0.162 e. The van der Waals surface area contributed by atoms with Crippen molar-refractivity contribution < 1.29 is 9.18 Å². The van der Waals surface area contributed by atoms with Crippen LogP contribution in [0.4, 0.5) is 4.39 Å². The van der Waals surface area contributed by atoms with E-state index in [0.29, 0.717) is 23.1 Å². The maximum atomic E-state index is 13.2. The van der Waals surface area contributed by atoms with E-state index >= 15 is 0 Å². The third-order valence-corrected chi connectivity index (χ3v) is 2.08. The monoisotopic (exact) mass is 180 g/mol. The van der Waals surface area contributed by atoms with Gasteiger partial charge >= 0.3 is 0 Å². The van der Waals surface area contributed by atoms with Crippen LogP contribution >= 0.6 is 0 Å². The average Bonchev–Trinajstić information content (AvgIpc) is 2.12. The lowest BCUT2D eigenvalue weighted by molar-refractivity contribution is 0.0988. The number of ketones is 1. The molecule has 1 rings (SSSR count). The fourth-order valence-electron chi connectivity index (χ4n) is 1.31. The van der Waals surface area contributed by atoms with Gasteiger partial charge in [0.1, 0.15) is 5.82 Å². The van der Waals surface area contributed by atoms with Gasteiger partial charge in [0.25, 0.3) is 0 Å². The Bertz CT molecular complexity index is 319. The van der Waals surface area contributed by atoms with Crippen LogP contribution in [0, 0.1) is 19.7 Å². The predicted octanol–water partition coefficient (Wildman–Crippen LogP) is 3.04.